The first-order valence-electron chi connectivity index (χ1n) is 14.5. The lowest BCUT2D eigenvalue weighted by Gasteiger charge is -2.60. The first kappa shape index (κ1) is 25.6. The maximum atomic E-state index is 13.4. The maximum absolute atomic E-state index is 13.4. The van der Waals surface area contributed by atoms with Crippen molar-refractivity contribution in [1.82, 2.24) is 0 Å². The summed E-state index contributed by atoms with van der Waals surface area (Å²) in [4.78, 5) is 25.7. The van der Waals surface area contributed by atoms with Gasteiger partial charge in [-0.1, -0.05) is 19.9 Å². The number of ketones is 1. The van der Waals surface area contributed by atoms with Gasteiger partial charge in [0.2, 0.25) is 0 Å². The minimum atomic E-state index is -1.17. The number of hydrogen-bond acceptors (Lipinski definition) is 8. The predicted octanol–water partition coefficient (Wildman–Crippen LogP) is 2.93. The number of esters is 1. The number of rotatable bonds is 3. The van der Waals surface area contributed by atoms with Crippen molar-refractivity contribution in [3.8, 4) is 0 Å². The zero-order valence-electron chi connectivity index (χ0n) is 23.3. The van der Waals surface area contributed by atoms with E-state index in [4.69, 9.17) is 18.9 Å². The highest BCUT2D eigenvalue weighted by Gasteiger charge is 2.79. The summed E-state index contributed by atoms with van der Waals surface area (Å²) in [6.45, 7) is 11.8. The smallest absolute Gasteiger partial charge is 0.302 e. The molecule has 4 aliphatic carbocycles. The van der Waals surface area contributed by atoms with E-state index < -0.39 is 28.5 Å². The van der Waals surface area contributed by atoms with Gasteiger partial charge in [-0.3, -0.25) is 9.59 Å². The molecule has 2 N–H and O–H groups in total. The van der Waals surface area contributed by atoms with Crippen LogP contribution in [-0.2, 0) is 28.5 Å². The van der Waals surface area contributed by atoms with Crippen molar-refractivity contribution in [1.29, 1.82) is 0 Å². The van der Waals surface area contributed by atoms with Crippen molar-refractivity contribution in [3.05, 3.63) is 12.2 Å². The van der Waals surface area contributed by atoms with Crippen molar-refractivity contribution >= 4 is 11.8 Å². The van der Waals surface area contributed by atoms with Gasteiger partial charge >= 0.3 is 5.97 Å². The number of aliphatic hydroxyl groups is 2. The highest BCUT2D eigenvalue weighted by molar-refractivity contribution is 5.97. The summed E-state index contributed by atoms with van der Waals surface area (Å²) in [6.07, 6.45) is 5.03. The second kappa shape index (κ2) is 7.49. The van der Waals surface area contributed by atoms with Crippen molar-refractivity contribution in [3.63, 3.8) is 0 Å². The van der Waals surface area contributed by atoms with Crippen LogP contribution in [-0.4, -0.2) is 69.5 Å². The van der Waals surface area contributed by atoms with Crippen LogP contribution in [0.25, 0.3) is 0 Å². The summed E-state index contributed by atoms with van der Waals surface area (Å²) in [5, 5.41) is 22.6. The van der Waals surface area contributed by atoms with Gasteiger partial charge in [0, 0.05) is 19.3 Å². The molecule has 0 aromatic rings. The second-order valence-electron chi connectivity index (χ2n) is 14.4. The number of epoxide rings is 2. The molecular formula is C30H42O8. The first-order chi connectivity index (χ1) is 17.7. The van der Waals surface area contributed by atoms with Gasteiger partial charge in [-0.05, 0) is 81.6 Å². The number of allylic oxidation sites excluding steroid dienone is 1. The molecule has 6 fully saturated rings. The summed E-state index contributed by atoms with van der Waals surface area (Å²) in [5.41, 5.74) is -3.32. The Labute approximate surface area is 224 Å². The van der Waals surface area contributed by atoms with Crippen molar-refractivity contribution in [2.45, 2.75) is 121 Å². The van der Waals surface area contributed by atoms with Gasteiger partial charge in [0.05, 0.1) is 17.6 Å². The Balaban J connectivity index is 1.24. The average Bonchev–Trinajstić information content (AvgIpc) is 3.70. The summed E-state index contributed by atoms with van der Waals surface area (Å²) in [6, 6.07) is 0. The molecule has 0 bridgehead atoms. The molecule has 3 aliphatic heterocycles. The minimum absolute atomic E-state index is 0.00331. The highest BCUT2D eigenvalue weighted by atomic mass is 16.7. The average molecular weight is 531 g/mol. The van der Waals surface area contributed by atoms with E-state index in [0.717, 1.165) is 12.8 Å². The van der Waals surface area contributed by atoms with Crippen molar-refractivity contribution < 1.29 is 38.7 Å². The van der Waals surface area contributed by atoms with E-state index in [2.05, 4.69) is 13.8 Å². The molecule has 0 unspecified atom stereocenters. The Morgan fingerprint density at radius 1 is 1.18 bits per heavy atom. The molecule has 7 aliphatic rings. The van der Waals surface area contributed by atoms with Gasteiger partial charge in [-0.2, -0.15) is 0 Å². The zero-order chi connectivity index (χ0) is 27.2. The number of hydrogen-bond donors (Lipinski definition) is 2. The Bertz CT molecular complexity index is 1120. The van der Waals surface area contributed by atoms with Gasteiger partial charge < -0.3 is 29.2 Å². The van der Waals surface area contributed by atoms with Gasteiger partial charge in [0.1, 0.15) is 29.0 Å². The van der Waals surface area contributed by atoms with E-state index in [-0.39, 0.29) is 71.2 Å². The van der Waals surface area contributed by atoms with E-state index in [1.54, 1.807) is 12.2 Å². The van der Waals surface area contributed by atoms with Gasteiger partial charge in [0.25, 0.3) is 0 Å². The fourth-order valence-electron chi connectivity index (χ4n) is 10.6. The largest absolute Gasteiger partial charge is 0.462 e. The fourth-order valence-corrected chi connectivity index (χ4v) is 10.6. The summed E-state index contributed by atoms with van der Waals surface area (Å²) >= 11 is 0. The van der Waals surface area contributed by atoms with Gasteiger partial charge in [0.15, 0.2) is 12.1 Å². The molecule has 3 saturated heterocycles. The molecule has 7 rings (SSSR count). The van der Waals surface area contributed by atoms with Gasteiger partial charge in [-0.15, -0.1) is 0 Å². The topological polar surface area (TPSA) is 118 Å². The molecule has 15 atom stereocenters. The van der Waals surface area contributed by atoms with Crippen LogP contribution in [0.1, 0.15) is 73.6 Å². The normalized spacial score (nSPS) is 60.5. The van der Waals surface area contributed by atoms with Crippen LogP contribution in [0.4, 0.5) is 0 Å². The number of ether oxygens (including phenoxy) is 4. The fraction of sp³-hybridized carbons (Fsp3) is 0.867. The molecule has 8 heteroatoms. The minimum Gasteiger partial charge on any atom is -0.462 e. The summed E-state index contributed by atoms with van der Waals surface area (Å²) < 4.78 is 24.5. The number of aliphatic hydroxyl groups excluding tert-OH is 1. The number of carbonyl (C=O) groups is 2. The lowest BCUT2D eigenvalue weighted by molar-refractivity contribution is -0.210. The quantitative estimate of drug-likeness (QED) is 0.423. The Morgan fingerprint density at radius 3 is 2.61 bits per heavy atom. The third-order valence-electron chi connectivity index (χ3n) is 12.9. The monoisotopic (exact) mass is 530 g/mol. The molecule has 0 aromatic heterocycles. The lowest BCUT2D eigenvalue weighted by atomic mass is 9.43. The molecule has 0 amide bonds. The molecule has 3 saturated carbocycles. The van der Waals surface area contributed by atoms with E-state index in [9.17, 15) is 19.8 Å². The standard InChI is InChI=1S/C30H42O8/c1-14(19-13-27(4)29(6,38-27)25(33)36-19)22-18(35-15(2)31)12-17-21-16(9-11-26(17,22)3)28(5)20(32)8-7-10-30(28,34)24-23(21)37-24/h7-8,14,16-19,21-25,33-34H,9-13H2,1-6H3/t14-,16+,17+,18-,19+,21-,22+,23+,24+,25-,26+,27+,28+,29-,30+/m1/s1. The van der Waals surface area contributed by atoms with Crippen molar-refractivity contribution in [2.24, 2.45) is 40.4 Å². The third kappa shape index (κ3) is 2.89. The maximum Gasteiger partial charge on any atom is 0.302 e. The summed E-state index contributed by atoms with van der Waals surface area (Å²) in [5.74, 6) is 0.0414. The number of carbonyl (C=O) groups excluding carboxylic acids is 2. The van der Waals surface area contributed by atoms with Crippen LogP contribution in [0.5, 0.6) is 0 Å². The van der Waals surface area contributed by atoms with Crippen LogP contribution >= 0.6 is 0 Å². The van der Waals surface area contributed by atoms with E-state index in [0.29, 0.717) is 19.3 Å². The first-order valence-corrected chi connectivity index (χ1v) is 14.5. The van der Waals surface area contributed by atoms with Crippen LogP contribution in [0, 0.1) is 40.4 Å². The molecule has 8 nitrogen and oxygen atoms in total. The lowest BCUT2D eigenvalue weighted by Crippen LogP contribution is -2.67. The Hall–Kier alpha value is -1.32. The second-order valence-corrected chi connectivity index (χ2v) is 14.4. The highest BCUT2D eigenvalue weighted by Crippen LogP contribution is 2.72. The molecule has 0 spiro atoms. The van der Waals surface area contributed by atoms with Crippen molar-refractivity contribution in [2.75, 3.05) is 0 Å². The predicted molar refractivity (Wildman–Crippen MR) is 135 cm³/mol. The van der Waals surface area contributed by atoms with E-state index in [1.807, 2.05) is 20.8 Å². The molecule has 0 aromatic carbocycles. The summed E-state index contributed by atoms with van der Waals surface area (Å²) in [7, 11) is 0. The molecule has 3 heterocycles. The zero-order valence-corrected chi connectivity index (χ0v) is 23.3. The van der Waals surface area contributed by atoms with Gasteiger partial charge in [-0.25, -0.2) is 0 Å². The van der Waals surface area contributed by atoms with E-state index in [1.165, 1.54) is 6.92 Å². The Kier molecular flexibility index (Phi) is 5.05. The number of fused-ring (bicyclic) bond motifs is 9. The van der Waals surface area contributed by atoms with Crippen LogP contribution in [0.15, 0.2) is 12.2 Å². The van der Waals surface area contributed by atoms with E-state index >= 15 is 0 Å². The Morgan fingerprint density at radius 2 is 1.92 bits per heavy atom. The molecule has 0 radical (unpaired) electrons. The molecular weight excluding hydrogens is 488 g/mol. The van der Waals surface area contributed by atoms with Crippen LogP contribution in [0.2, 0.25) is 0 Å². The molecule has 38 heavy (non-hydrogen) atoms. The SMILES string of the molecule is CC(=O)O[C@@H]1C[C@H]2[C@@H]3[C@@H]4O[C@@H]4[C@@]4(O)CC=CC(=O)[C@]4(C)[C@H]3CC[C@]2(C)[C@H]1[C@H](C)[C@@H]1C[C@]2(C)O[C@]2(C)[C@H](O)O1. The van der Waals surface area contributed by atoms with Crippen LogP contribution < -0.4 is 0 Å². The van der Waals surface area contributed by atoms with Crippen LogP contribution in [0.3, 0.4) is 0 Å². The molecule has 210 valence electrons. The third-order valence-corrected chi connectivity index (χ3v) is 12.9.